The molecule has 1 aliphatic heterocycles. The van der Waals surface area contributed by atoms with Gasteiger partial charge in [0.15, 0.2) is 0 Å². The highest BCUT2D eigenvalue weighted by Crippen LogP contribution is 2.41. The molecule has 1 aliphatic rings. The number of nitrogens with zero attached hydrogens (tertiary/aromatic N) is 2. The number of hydrogen-bond acceptors (Lipinski definition) is 2. The summed E-state index contributed by atoms with van der Waals surface area (Å²) in [6, 6.07) is 85.6. The summed E-state index contributed by atoms with van der Waals surface area (Å²) in [5.74, 6) is 0. The van der Waals surface area contributed by atoms with E-state index in [1.165, 1.54) is 61.1 Å². The lowest BCUT2D eigenvalue weighted by Crippen LogP contribution is -2.58. The van der Waals surface area contributed by atoms with E-state index in [4.69, 9.17) is 0 Å². The lowest BCUT2D eigenvalue weighted by molar-refractivity contribution is 1.26. The van der Waals surface area contributed by atoms with Crippen LogP contribution in [0.4, 0.5) is 34.1 Å². The molecule has 0 aromatic heterocycles. The van der Waals surface area contributed by atoms with Crippen LogP contribution in [0.25, 0.3) is 33.4 Å². The molecule has 1 heterocycles. The molecule has 9 aromatic carbocycles. The zero-order valence-electron chi connectivity index (χ0n) is 31.5. The Kier molecular flexibility index (Phi) is 9.02. The molecule has 0 spiro atoms. The minimum atomic E-state index is -0.0326. The van der Waals surface area contributed by atoms with Gasteiger partial charge in [0.25, 0.3) is 0 Å². The fourth-order valence-electron chi connectivity index (χ4n) is 8.58. The third kappa shape index (κ3) is 6.40. The summed E-state index contributed by atoms with van der Waals surface area (Å²) in [5, 5.41) is 0. The van der Waals surface area contributed by atoms with Gasteiger partial charge in [-0.2, -0.15) is 0 Å². The van der Waals surface area contributed by atoms with Gasteiger partial charge in [0.1, 0.15) is 0 Å². The van der Waals surface area contributed by atoms with E-state index in [1.54, 1.807) is 0 Å². The van der Waals surface area contributed by atoms with Crippen molar-refractivity contribution in [1.29, 1.82) is 0 Å². The van der Waals surface area contributed by atoms with E-state index in [9.17, 15) is 0 Å². The molecule has 0 fully saturated rings. The summed E-state index contributed by atoms with van der Waals surface area (Å²) >= 11 is 0. The van der Waals surface area contributed by atoms with E-state index < -0.39 is 0 Å². The maximum Gasteiger partial charge on any atom is 0.248 e. The first-order valence-electron chi connectivity index (χ1n) is 19.6. The number of hydrogen-bond donors (Lipinski definition) is 0. The SMILES string of the molecule is c1ccc(-c2cc(-c3ccccc3)c(B3c4ccccc4N(c4ccc(N(c5ccccc5)c5ccccc5)cc4)c4ccccc43)c(-c3ccccc3)c2)cc1. The van der Waals surface area contributed by atoms with Crippen LogP contribution in [0.5, 0.6) is 0 Å². The summed E-state index contributed by atoms with van der Waals surface area (Å²) in [5.41, 5.74) is 18.0. The number of para-hydroxylation sites is 4. The van der Waals surface area contributed by atoms with Crippen LogP contribution < -0.4 is 26.2 Å². The van der Waals surface area contributed by atoms with Crippen molar-refractivity contribution in [2.75, 3.05) is 9.80 Å². The van der Waals surface area contributed by atoms with Crippen LogP contribution in [0.1, 0.15) is 0 Å². The van der Waals surface area contributed by atoms with Crippen LogP contribution in [0.15, 0.2) is 237 Å². The second-order valence-corrected chi connectivity index (χ2v) is 14.5. The van der Waals surface area contributed by atoms with Crippen LogP contribution in [-0.4, -0.2) is 6.71 Å². The maximum absolute atomic E-state index is 2.45. The van der Waals surface area contributed by atoms with Gasteiger partial charge < -0.3 is 9.80 Å². The Morgan fingerprint density at radius 1 is 0.316 bits per heavy atom. The van der Waals surface area contributed by atoms with E-state index in [0.717, 1.165) is 22.7 Å². The van der Waals surface area contributed by atoms with Crippen molar-refractivity contribution in [3.8, 4) is 33.4 Å². The first-order chi connectivity index (χ1) is 28.3. The van der Waals surface area contributed by atoms with Gasteiger partial charge in [-0.25, -0.2) is 0 Å². The van der Waals surface area contributed by atoms with Crippen molar-refractivity contribution in [3.05, 3.63) is 237 Å². The average molecular weight is 727 g/mol. The molecule has 268 valence electrons. The summed E-state index contributed by atoms with van der Waals surface area (Å²) in [6.07, 6.45) is 0. The normalized spacial score (nSPS) is 11.8. The molecule has 0 aliphatic carbocycles. The molecule has 0 atom stereocenters. The van der Waals surface area contributed by atoms with E-state index >= 15 is 0 Å². The Labute approximate surface area is 335 Å². The molecule has 57 heavy (non-hydrogen) atoms. The van der Waals surface area contributed by atoms with Gasteiger partial charge in [0, 0.05) is 34.1 Å². The van der Waals surface area contributed by atoms with Crippen molar-refractivity contribution in [3.63, 3.8) is 0 Å². The summed E-state index contributed by atoms with van der Waals surface area (Å²) < 4.78 is 0. The quantitative estimate of drug-likeness (QED) is 0.144. The molecule has 0 N–H and O–H groups in total. The Bertz CT molecular complexity index is 2620. The Hall–Kier alpha value is -7.36. The molecule has 0 radical (unpaired) electrons. The third-order valence-electron chi connectivity index (χ3n) is 11.1. The second-order valence-electron chi connectivity index (χ2n) is 14.5. The van der Waals surface area contributed by atoms with Gasteiger partial charge in [-0.3, -0.25) is 0 Å². The van der Waals surface area contributed by atoms with Gasteiger partial charge >= 0.3 is 0 Å². The smallest absolute Gasteiger partial charge is 0.248 e. The highest BCUT2D eigenvalue weighted by atomic mass is 15.2. The van der Waals surface area contributed by atoms with Crippen LogP contribution in [0.3, 0.4) is 0 Å². The van der Waals surface area contributed by atoms with E-state index in [0.29, 0.717) is 0 Å². The van der Waals surface area contributed by atoms with E-state index in [-0.39, 0.29) is 6.71 Å². The van der Waals surface area contributed by atoms with Crippen LogP contribution in [-0.2, 0) is 0 Å². The molecular weight excluding hydrogens is 687 g/mol. The van der Waals surface area contributed by atoms with Crippen molar-refractivity contribution in [1.82, 2.24) is 0 Å². The van der Waals surface area contributed by atoms with E-state index in [2.05, 4.69) is 246 Å². The van der Waals surface area contributed by atoms with Gasteiger partial charge in [-0.15, -0.1) is 0 Å². The maximum atomic E-state index is 2.45. The van der Waals surface area contributed by atoms with Crippen LogP contribution in [0.2, 0.25) is 0 Å². The molecule has 0 saturated heterocycles. The fourth-order valence-corrected chi connectivity index (χ4v) is 8.58. The van der Waals surface area contributed by atoms with Gasteiger partial charge in [-0.1, -0.05) is 169 Å². The first-order valence-corrected chi connectivity index (χ1v) is 19.6. The molecule has 0 unspecified atom stereocenters. The largest absolute Gasteiger partial charge is 0.312 e. The Morgan fingerprint density at radius 2 is 0.684 bits per heavy atom. The highest BCUT2D eigenvalue weighted by molar-refractivity contribution is 6.99. The molecular formula is C54H39BN2. The molecule has 3 heteroatoms. The number of anilines is 6. The molecule has 10 rings (SSSR count). The molecule has 0 amide bonds. The number of fused-ring (bicyclic) bond motifs is 2. The minimum Gasteiger partial charge on any atom is -0.312 e. The minimum absolute atomic E-state index is 0.0326. The topological polar surface area (TPSA) is 6.48 Å². The van der Waals surface area contributed by atoms with E-state index in [1.807, 2.05) is 0 Å². The van der Waals surface area contributed by atoms with Gasteiger partial charge in [-0.05, 0) is 117 Å². The summed E-state index contributed by atoms with van der Waals surface area (Å²) in [6.45, 7) is -0.0326. The lowest BCUT2D eigenvalue weighted by Gasteiger charge is -2.38. The van der Waals surface area contributed by atoms with Crippen molar-refractivity contribution >= 4 is 57.2 Å². The number of benzene rings is 9. The molecule has 9 aromatic rings. The fraction of sp³-hybridized carbons (Fsp3) is 0. The monoisotopic (exact) mass is 726 g/mol. The lowest BCUT2D eigenvalue weighted by atomic mass is 9.33. The van der Waals surface area contributed by atoms with Crippen molar-refractivity contribution < 1.29 is 0 Å². The Balaban J connectivity index is 1.17. The second kappa shape index (κ2) is 15.1. The highest BCUT2D eigenvalue weighted by Gasteiger charge is 2.38. The van der Waals surface area contributed by atoms with Crippen molar-refractivity contribution in [2.24, 2.45) is 0 Å². The average Bonchev–Trinajstić information content (AvgIpc) is 3.30. The van der Waals surface area contributed by atoms with Crippen LogP contribution in [0, 0.1) is 0 Å². The number of rotatable bonds is 8. The van der Waals surface area contributed by atoms with Gasteiger partial charge in [0.05, 0.1) is 0 Å². The Morgan fingerprint density at radius 3 is 1.14 bits per heavy atom. The zero-order valence-corrected chi connectivity index (χ0v) is 31.5. The van der Waals surface area contributed by atoms with Crippen LogP contribution >= 0.6 is 0 Å². The predicted molar refractivity (Wildman–Crippen MR) is 243 cm³/mol. The molecule has 0 saturated carbocycles. The first kappa shape index (κ1) is 34.2. The zero-order chi connectivity index (χ0) is 38.0. The summed E-state index contributed by atoms with van der Waals surface area (Å²) in [4.78, 5) is 4.76. The molecule has 0 bridgehead atoms. The van der Waals surface area contributed by atoms with Crippen molar-refractivity contribution in [2.45, 2.75) is 0 Å². The third-order valence-corrected chi connectivity index (χ3v) is 11.1. The molecule has 2 nitrogen and oxygen atoms in total. The van der Waals surface area contributed by atoms with Gasteiger partial charge in [0.2, 0.25) is 6.71 Å². The predicted octanol–water partition coefficient (Wildman–Crippen LogP) is 12.5. The summed E-state index contributed by atoms with van der Waals surface area (Å²) in [7, 11) is 0. The standard InChI is InChI=1S/C54H39BN2/c1-6-20-40(21-7-1)43-38-48(41-22-8-2-9-23-41)54(49(39-43)42-24-10-3-11-25-42)55-50-30-16-18-32-52(50)57(53-33-19-17-31-51(53)55)47-36-34-46(35-37-47)56(44-26-12-4-13-27-44)45-28-14-5-15-29-45/h1-39H.